The van der Waals surface area contributed by atoms with E-state index >= 15 is 0 Å². The number of carbonyl (C=O) groups excluding carboxylic acids is 1. The van der Waals surface area contributed by atoms with E-state index in [4.69, 9.17) is 19.6 Å². The molecule has 1 heterocycles. The number of amides is 1. The van der Waals surface area contributed by atoms with E-state index in [2.05, 4.69) is 16.2 Å². The van der Waals surface area contributed by atoms with Gasteiger partial charge in [0.1, 0.15) is 18.1 Å². The Balaban J connectivity index is 1.85. The number of para-hydroxylation sites is 1. The number of anilines is 1. The van der Waals surface area contributed by atoms with E-state index in [1.165, 1.54) is 0 Å². The van der Waals surface area contributed by atoms with Crippen molar-refractivity contribution in [3.63, 3.8) is 0 Å². The van der Waals surface area contributed by atoms with Crippen LogP contribution in [0.4, 0.5) is 5.69 Å². The Morgan fingerprint density at radius 1 is 1.23 bits per heavy atom. The summed E-state index contributed by atoms with van der Waals surface area (Å²) in [6.07, 6.45) is -0.390. The molecule has 1 aliphatic rings. The molecule has 1 aliphatic heterocycles. The molecule has 3 rings (SSSR count). The summed E-state index contributed by atoms with van der Waals surface area (Å²) in [6.45, 7) is 1.91. The summed E-state index contributed by atoms with van der Waals surface area (Å²) in [4.78, 5) is 18.2. The molecule has 9 heteroatoms. The minimum Gasteiger partial charge on any atom is -0.497 e. The molecule has 2 aromatic carbocycles. The molecule has 1 unspecified atom stereocenters. The predicted octanol–water partition coefficient (Wildman–Crippen LogP) is 0.895. The fourth-order valence-electron chi connectivity index (χ4n) is 3.37. The molecule has 160 valence electrons. The smallest absolute Gasteiger partial charge is 0.264 e. The van der Waals surface area contributed by atoms with Crippen molar-refractivity contribution < 1.29 is 19.4 Å². The molecular formula is C21H27N5O4. The summed E-state index contributed by atoms with van der Waals surface area (Å²) in [7, 11) is 5.19. The van der Waals surface area contributed by atoms with E-state index in [0.717, 1.165) is 33.9 Å². The highest BCUT2D eigenvalue weighted by atomic mass is 16.5. The van der Waals surface area contributed by atoms with Gasteiger partial charge in [-0.25, -0.2) is 4.99 Å². The van der Waals surface area contributed by atoms with E-state index in [-0.39, 0.29) is 6.29 Å². The largest absolute Gasteiger partial charge is 0.497 e. The number of aliphatic imine (C=N–C) groups is 1. The van der Waals surface area contributed by atoms with Gasteiger partial charge in [0, 0.05) is 30.8 Å². The monoisotopic (exact) mass is 413 g/mol. The van der Waals surface area contributed by atoms with Crippen molar-refractivity contribution in [3.05, 3.63) is 53.1 Å². The van der Waals surface area contributed by atoms with Crippen molar-refractivity contribution in [1.82, 2.24) is 16.2 Å². The Morgan fingerprint density at radius 2 is 2.03 bits per heavy atom. The fourth-order valence-corrected chi connectivity index (χ4v) is 3.37. The lowest BCUT2D eigenvalue weighted by Gasteiger charge is -2.35. The average molecular weight is 413 g/mol. The number of amidine groups is 1. The molecule has 0 aliphatic carbocycles. The van der Waals surface area contributed by atoms with Crippen molar-refractivity contribution in [1.29, 1.82) is 0 Å². The van der Waals surface area contributed by atoms with Gasteiger partial charge in [-0.05, 0) is 24.6 Å². The first-order valence-corrected chi connectivity index (χ1v) is 9.49. The number of rotatable bonds is 6. The molecule has 0 fully saturated rings. The number of hydrazine groups is 1. The van der Waals surface area contributed by atoms with E-state index in [1.807, 2.05) is 55.3 Å². The van der Waals surface area contributed by atoms with E-state index in [9.17, 15) is 4.79 Å². The topological polar surface area (TPSA) is 107 Å². The Bertz CT molecular complexity index is 947. The summed E-state index contributed by atoms with van der Waals surface area (Å²) >= 11 is 0. The molecule has 0 spiro atoms. The quantitative estimate of drug-likeness (QED) is 0.521. The summed E-state index contributed by atoms with van der Waals surface area (Å²) in [5.41, 5.74) is 9.16. The van der Waals surface area contributed by atoms with E-state index < -0.39 is 12.5 Å². The SMILES string of the molecule is COc1ccc(CNC2N=C(NNC(=O)CO)c3cccc(C)c3N2C)c(OC)c1. The van der Waals surface area contributed by atoms with Crippen LogP contribution in [-0.2, 0) is 11.3 Å². The number of fused-ring (bicyclic) bond motifs is 1. The lowest BCUT2D eigenvalue weighted by molar-refractivity contribution is -0.124. The Morgan fingerprint density at radius 3 is 2.73 bits per heavy atom. The highest BCUT2D eigenvalue weighted by Crippen LogP contribution is 2.30. The molecule has 2 aromatic rings. The summed E-state index contributed by atoms with van der Waals surface area (Å²) < 4.78 is 10.7. The molecule has 0 saturated heterocycles. The number of benzene rings is 2. The zero-order chi connectivity index (χ0) is 21.7. The number of aryl methyl sites for hydroxylation is 1. The summed E-state index contributed by atoms with van der Waals surface area (Å²) in [5.74, 6) is 1.40. The number of aliphatic hydroxyl groups excluding tert-OH is 1. The van der Waals surface area contributed by atoms with Crippen LogP contribution < -0.4 is 30.5 Å². The van der Waals surface area contributed by atoms with Gasteiger partial charge in [-0.15, -0.1) is 0 Å². The zero-order valence-corrected chi connectivity index (χ0v) is 17.5. The molecule has 0 bridgehead atoms. The molecule has 1 atom stereocenters. The van der Waals surface area contributed by atoms with E-state index in [0.29, 0.717) is 12.4 Å². The van der Waals surface area contributed by atoms with Crippen LogP contribution in [0.15, 0.2) is 41.4 Å². The highest BCUT2D eigenvalue weighted by Gasteiger charge is 2.27. The van der Waals surface area contributed by atoms with Crippen LogP contribution in [-0.4, -0.2) is 51.0 Å². The molecule has 9 nitrogen and oxygen atoms in total. The Kier molecular flexibility index (Phi) is 6.76. The lowest BCUT2D eigenvalue weighted by atomic mass is 10.0. The standard InChI is InChI=1S/C21H27N5O4/c1-13-6-5-7-16-19(13)26(2)21(23-20(16)25-24-18(28)12-27)22-11-14-8-9-15(29-3)10-17(14)30-4/h5-10,21-22,27H,11-12H2,1-4H3,(H,23,25)(H,24,28). The predicted molar refractivity (Wildman–Crippen MR) is 115 cm³/mol. The molecule has 0 saturated carbocycles. The van der Waals surface area contributed by atoms with Crippen LogP contribution in [0.2, 0.25) is 0 Å². The van der Waals surface area contributed by atoms with Crippen LogP contribution >= 0.6 is 0 Å². The van der Waals surface area contributed by atoms with E-state index in [1.54, 1.807) is 14.2 Å². The fraction of sp³-hybridized carbons (Fsp3) is 0.333. The number of nitrogens with zero attached hydrogens (tertiary/aromatic N) is 2. The second-order valence-corrected chi connectivity index (χ2v) is 6.82. The number of hydrogen-bond donors (Lipinski definition) is 4. The Hall–Kier alpha value is -3.30. The Labute approximate surface area is 175 Å². The van der Waals surface area contributed by atoms with Crippen molar-refractivity contribution >= 4 is 17.4 Å². The first kappa shape index (κ1) is 21.4. The van der Waals surface area contributed by atoms with Gasteiger partial charge in [0.2, 0.25) is 0 Å². The third-order valence-electron chi connectivity index (χ3n) is 4.90. The minimum absolute atomic E-state index is 0.390. The van der Waals surface area contributed by atoms with Crippen LogP contribution in [0.3, 0.4) is 0 Å². The molecule has 4 N–H and O–H groups in total. The van der Waals surface area contributed by atoms with Gasteiger partial charge in [0.25, 0.3) is 5.91 Å². The van der Waals surface area contributed by atoms with Gasteiger partial charge in [0.15, 0.2) is 12.1 Å². The zero-order valence-electron chi connectivity index (χ0n) is 17.5. The van der Waals surface area contributed by atoms with Gasteiger partial charge in [-0.3, -0.25) is 21.0 Å². The van der Waals surface area contributed by atoms with Crippen molar-refractivity contribution in [2.75, 3.05) is 32.8 Å². The molecule has 1 amide bonds. The second-order valence-electron chi connectivity index (χ2n) is 6.82. The third-order valence-corrected chi connectivity index (χ3v) is 4.90. The number of aliphatic hydroxyl groups is 1. The first-order valence-electron chi connectivity index (χ1n) is 9.49. The van der Waals surface area contributed by atoms with Crippen molar-refractivity contribution in [2.24, 2.45) is 4.99 Å². The highest BCUT2D eigenvalue weighted by molar-refractivity contribution is 6.06. The van der Waals surface area contributed by atoms with Crippen molar-refractivity contribution in [2.45, 2.75) is 19.8 Å². The summed E-state index contributed by atoms with van der Waals surface area (Å²) in [5, 5.41) is 12.4. The van der Waals surface area contributed by atoms with Crippen LogP contribution in [0, 0.1) is 6.92 Å². The molecule has 0 aromatic heterocycles. The van der Waals surface area contributed by atoms with Gasteiger partial charge < -0.3 is 19.5 Å². The first-order chi connectivity index (χ1) is 14.5. The maximum Gasteiger partial charge on any atom is 0.264 e. The number of hydrogen-bond acceptors (Lipinski definition) is 8. The maximum absolute atomic E-state index is 11.5. The van der Waals surface area contributed by atoms with Gasteiger partial charge in [0.05, 0.1) is 19.9 Å². The number of ether oxygens (including phenoxy) is 2. The minimum atomic E-state index is -0.611. The molecule has 30 heavy (non-hydrogen) atoms. The van der Waals surface area contributed by atoms with Gasteiger partial charge in [-0.2, -0.15) is 0 Å². The maximum atomic E-state index is 11.5. The lowest BCUT2D eigenvalue weighted by Crippen LogP contribution is -2.51. The average Bonchev–Trinajstić information content (AvgIpc) is 2.77. The van der Waals surface area contributed by atoms with Gasteiger partial charge >= 0.3 is 0 Å². The molecular weight excluding hydrogens is 386 g/mol. The van der Waals surface area contributed by atoms with Crippen LogP contribution in [0.5, 0.6) is 11.5 Å². The normalized spacial score (nSPS) is 15.2. The number of carbonyl (C=O) groups is 1. The van der Waals surface area contributed by atoms with Crippen LogP contribution in [0.25, 0.3) is 0 Å². The number of nitrogens with one attached hydrogen (secondary N) is 3. The van der Waals surface area contributed by atoms with Gasteiger partial charge in [-0.1, -0.05) is 18.2 Å². The third kappa shape index (κ3) is 4.47. The van der Waals surface area contributed by atoms with Crippen molar-refractivity contribution in [3.8, 4) is 11.5 Å². The second kappa shape index (κ2) is 9.47. The summed E-state index contributed by atoms with van der Waals surface area (Å²) in [6, 6.07) is 11.5. The van der Waals surface area contributed by atoms with Crippen LogP contribution in [0.1, 0.15) is 16.7 Å². The number of methoxy groups -OCH3 is 2. The molecule has 0 radical (unpaired) electrons.